The maximum atomic E-state index is 13.2. The Hall–Kier alpha value is -1.95. The summed E-state index contributed by atoms with van der Waals surface area (Å²) < 4.78 is 0. The molecule has 1 aliphatic rings. The van der Waals surface area contributed by atoms with Crippen LogP contribution in [-0.4, -0.2) is 32.9 Å². The van der Waals surface area contributed by atoms with E-state index in [1.807, 2.05) is 41.5 Å². The van der Waals surface area contributed by atoms with Gasteiger partial charge in [0.05, 0.1) is 11.7 Å². The Morgan fingerprint density at radius 2 is 1.57 bits per heavy atom. The summed E-state index contributed by atoms with van der Waals surface area (Å²) in [6.07, 6.45) is 0.230. The van der Waals surface area contributed by atoms with E-state index in [0.717, 1.165) is 11.1 Å². The minimum absolute atomic E-state index is 0.0745. The number of benzene rings is 1. The predicted octanol–water partition coefficient (Wildman–Crippen LogP) is 5.04. The van der Waals surface area contributed by atoms with Gasteiger partial charge in [-0.1, -0.05) is 53.3 Å². The number of aliphatic imine (C=N–C) groups is 2. The summed E-state index contributed by atoms with van der Waals surface area (Å²) in [5.41, 5.74) is 2.14. The van der Waals surface area contributed by atoms with Crippen LogP contribution in [0.2, 0.25) is 0 Å². The minimum atomic E-state index is -0.452. The number of carbonyl (C=O) groups excluding carboxylic acids is 2. The predicted molar refractivity (Wildman–Crippen MR) is 117 cm³/mol. The van der Waals surface area contributed by atoms with Crippen molar-refractivity contribution in [2.75, 3.05) is 0 Å². The van der Waals surface area contributed by atoms with E-state index in [2.05, 4.69) is 9.98 Å². The van der Waals surface area contributed by atoms with E-state index in [4.69, 9.17) is 0 Å². The highest BCUT2D eigenvalue weighted by atomic mass is 32.2. The van der Waals surface area contributed by atoms with E-state index < -0.39 is 5.25 Å². The van der Waals surface area contributed by atoms with E-state index in [1.54, 1.807) is 26.0 Å². The number of rotatable bonds is 3. The lowest BCUT2D eigenvalue weighted by molar-refractivity contribution is -0.116. The molecule has 6 heteroatoms. The summed E-state index contributed by atoms with van der Waals surface area (Å²) in [7, 11) is 0. The van der Waals surface area contributed by atoms with Crippen molar-refractivity contribution in [2.45, 2.75) is 77.9 Å². The summed E-state index contributed by atoms with van der Waals surface area (Å²) in [6.45, 7) is 15.7. The average Bonchev–Trinajstić information content (AvgIpc) is 2.51. The molecule has 0 bridgehead atoms. The minimum Gasteiger partial charge on any atom is -0.507 e. The third kappa shape index (κ3) is 5.10. The Morgan fingerprint density at radius 3 is 2.00 bits per heavy atom. The van der Waals surface area contributed by atoms with Gasteiger partial charge in [0.1, 0.15) is 5.75 Å². The fourth-order valence-corrected chi connectivity index (χ4v) is 3.93. The molecule has 28 heavy (non-hydrogen) atoms. The molecule has 1 amide bonds. The number of phenolic OH excluding ortho intramolecular Hbond substituents is 1. The molecule has 0 aliphatic carbocycles. The fraction of sp³-hybridized carbons (Fsp3) is 0.545. The number of amidine groups is 1. The molecule has 0 saturated heterocycles. The second kappa shape index (κ2) is 7.82. The number of hydrogen-bond acceptors (Lipinski definition) is 5. The van der Waals surface area contributed by atoms with Crippen molar-refractivity contribution in [2.24, 2.45) is 9.98 Å². The summed E-state index contributed by atoms with van der Waals surface area (Å²) in [6, 6.07) is 3.57. The lowest BCUT2D eigenvalue weighted by Crippen LogP contribution is -2.22. The van der Waals surface area contributed by atoms with Gasteiger partial charge in [0.25, 0.3) is 5.91 Å². The number of hydrogen-bond donors (Lipinski definition) is 1. The molecule has 0 saturated carbocycles. The number of thioether (sulfide) groups is 1. The molecular weight excluding hydrogens is 372 g/mol. The Balaban J connectivity index is 2.43. The van der Waals surface area contributed by atoms with Crippen molar-refractivity contribution >= 4 is 34.3 Å². The van der Waals surface area contributed by atoms with E-state index in [-0.39, 0.29) is 34.7 Å². The maximum absolute atomic E-state index is 13.2. The SMILES string of the molecule is CC1=NC(SC(C)C(=O)c2cc(C(C)(C)C)c(O)c(C(C)(C)C)c2)=NC(=O)C1. The normalized spacial score (nSPS) is 16.5. The highest BCUT2D eigenvalue weighted by molar-refractivity contribution is 8.15. The average molecular weight is 403 g/mol. The highest BCUT2D eigenvalue weighted by Gasteiger charge is 2.29. The first-order chi connectivity index (χ1) is 12.7. The Bertz CT molecular complexity index is 836. The smallest absolute Gasteiger partial charge is 0.253 e. The molecule has 0 spiro atoms. The molecule has 1 N–H and O–H groups in total. The van der Waals surface area contributed by atoms with Crippen molar-refractivity contribution < 1.29 is 14.7 Å². The standard InChI is InChI=1S/C22H30N2O3S/c1-12-9-17(25)24-20(23-12)28-13(2)18(26)14-10-15(21(3,4)5)19(27)16(11-14)22(6,7)8/h10-11,13,27H,9H2,1-8H3. The van der Waals surface area contributed by atoms with Gasteiger partial charge in [0.15, 0.2) is 11.0 Å². The monoisotopic (exact) mass is 402 g/mol. The van der Waals surface area contributed by atoms with Crippen LogP contribution >= 0.6 is 11.8 Å². The molecule has 1 aromatic carbocycles. The highest BCUT2D eigenvalue weighted by Crippen LogP contribution is 2.40. The first kappa shape index (κ1) is 22.3. The molecule has 152 valence electrons. The van der Waals surface area contributed by atoms with Gasteiger partial charge in [0, 0.05) is 22.4 Å². The zero-order valence-electron chi connectivity index (χ0n) is 18.0. The first-order valence-corrected chi connectivity index (χ1v) is 10.3. The number of nitrogens with zero attached hydrogens (tertiary/aromatic N) is 2. The zero-order chi connectivity index (χ0) is 21.4. The molecule has 1 aliphatic heterocycles. The molecule has 0 fully saturated rings. The molecule has 2 rings (SSSR count). The fourth-order valence-electron chi connectivity index (χ4n) is 3.01. The largest absolute Gasteiger partial charge is 0.507 e. The van der Waals surface area contributed by atoms with Crippen molar-refractivity contribution in [3.05, 3.63) is 28.8 Å². The van der Waals surface area contributed by atoms with Crippen molar-refractivity contribution in [1.29, 1.82) is 0 Å². The molecule has 0 aromatic heterocycles. The second-order valence-corrected chi connectivity index (χ2v) is 10.7. The van der Waals surface area contributed by atoms with Crippen LogP contribution < -0.4 is 0 Å². The van der Waals surface area contributed by atoms with Crippen LogP contribution in [0.1, 0.15) is 83.3 Å². The van der Waals surface area contributed by atoms with Crippen LogP contribution in [0.3, 0.4) is 0 Å². The Kier molecular flexibility index (Phi) is 6.24. The third-order valence-corrected chi connectivity index (χ3v) is 5.54. The van der Waals surface area contributed by atoms with Gasteiger partial charge in [0.2, 0.25) is 0 Å². The second-order valence-electron chi connectivity index (χ2n) is 9.36. The Morgan fingerprint density at radius 1 is 1.07 bits per heavy atom. The number of aromatic hydroxyl groups is 1. The summed E-state index contributed by atoms with van der Waals surface area (Å²) in [5, 5.41) is 10.7. The van der Waals surface area contributed by atoms with Crippen LogP contribution in [0, 0.1) is 0 Å². The van der Waals surface area contributed by atoms with Gasteiger partial charge >= 0.3 is 0 Å². The van der Waals surface area contributed by atoms with Gasteiger partial charge in [-0.05, 0) is 36.8 Å². The van der Waals surface area contributed by atoms with Crippen LogP contribution in [-0.2, 0) is 15.6 Å². The number of ketones is 1. The molecular formula is C22H30N2O3S. The molecule has 5 nitrogen and oxygen atoms in total. The van der Waals surface area contributed by atoms with Crippen molar-refractivity contribution in [1.82, 2.24) is 0 Å². The molecule has 1 aromatic rings. The van der Waals surface area contributed by atoms with Gasteiger partial charge in [-0.15, -0.1) is 0 Å². The molecule has 0 radical (unpaired) electrons. The topological polar surface area (TPSA) is 79.1 Å². The number of carbonyl (C=O) groups is 2. The van der Waals surface area contributed by atoms with Crippen LogP contribution in [0.5, 0.6) is 5.75 Å². The summed E-state index contributed by atoms with van der Waals surface area (Å²) >= 11 is 1.19. The van der Waals surface area contributed by atoms with Crippen LogP contribution in [0.25, 0.3) is 0 Å². The van der Waals surface area contributed by atoms with E-state index in [1.165, 1.54) is 11.8 Å². The van der Waals surface area contributed by atoms with Gasteiger partial charge in [-0.2, -0.15) is 4.99 Å². The number of amides is 1. The molecule has 1 heterocycles. The van der Waals surface area contributed by atoms with Gasteiger partial charge in [-0.3, -0.25) is 9.59 Å². The van der Waals surface area contributed by atoms with Crippen molar-refractivity contribution in [3.8, 4) is 5.75 Å². The van der Waals surface area contributed by atoms with E-state index in [0.29, 0.717) is 16.4 Å². The quantitative estimate of drug-likeness (QED) is 0.719. The molecule has 1 atom stereocenters. The summed E-state index contributed by atoms with van der Waals surface area (Å²) in [5.74, 6) is -0.0572. The van der Waals surface area contributed by atoms with Crippen LogP contribution in [0.15, 0.2) is 22.1 Å². The lowest BCUT2D eigenvalue weighted by Gasteiger charge is -2.28. The maximum Gasteiger partial charge on any atom is 0.253 e. The summed E-state index contributed by atoms with van der Waals surface area (Å²) in [4.78, 5) is 33.0. The number of phenols is 1. The van der Waals surface area contributed by atoms with E-state index >= 15 is 0 Å². The van der Waals surface area contributed by atoms with Gasteiger partial charge < -0.3 is 5.11 Å². The van der Waals surface area contributed by atoms with E-state index in [9.17, 15) is 14.7 Å². The van der Waals surface area contributed by atoms with Gasteiger partial charge in [-0.25, -0.2) is 4.99 Å². The zero-order valence-corrected chi connectivity index (χ0v) is 18.8. The Labute approximate surface area is 171 Å². The number of Topliss-reactive ketones (excluding diaryl/α,β-unsaturated/α-hetero) is 1. The lowest BCUT2D eigenvalue weighted by atomic mass is 9.78. The first-order valence-electron chi connectivity index (χ1n) is 9.44. The molecule has 1 unspecified atom stereocenters. The van der Waals surface area contributed by atoms with Crippen LogP contribution in [0.4, 0.5) is 0 Å². The third-order valence-electron chi connectivity index (χ3n) is 4.58. The van der Waals surface area contributed by atoms with Crippen molar-refractivity contribution in [3.63, 3.8) is 0 Å².